The van der Waals surface area contributed by atoms with Crippen molar-refractivity contribution < 1.29 is 17.6 Å². The molecular weight excluding hydrogens is 294 g/mol. The van der Waals surface area contributed by atoms with E-state index < -0.39 is 10.0 Å². The molecule has 1 aromatic carbocycles. The van der Waals surface area contributed by atoms with Gasteiger partial charge in [0.15, 0.2) is 0 Å². The predicted octanol–water partition coefficient (Wildman–Crippen LogP) is 1.27. The highest BCUT2D eigenvalue weighted by atomic mass is 32.2. The third-order valence-electron chi connectivity index (χ3n) is 2.60. The average Bonchev–Trinajstić information content (AvgIpc) is 2.44. The van der Waals surface area contributed by atoms with Crippen molar-refractivity contribution in [3.63, 3.8) is 0 Å². The lowest BCUT2D eigenvalue weighted by atomic mass is 10.2. The normalized spacial score (nSPS) is 11.3. The van der Waals surface area contributed by atoms with E-state index in [1.54, 1.807) is 0 Å². The number of hydrogen-bond acceptors (Lipinski definition) is 5. The maximum Gasteiger partial charge on any atom is 0.227 e. The molecule has 21 heavy (non-hydrogen) atoms. The zero-order valence-electron chi connectivity index (χ0n) is 11.4. The highest BCUT2D eigenvalue weighted by Gasteiger charge is 2.07. The van der Waals surface area contributed by atoms with E-state index in [0.717, 1.165) is 11.8 Å². The standard InChI is InChI=1S/C14H15NO5S/c1-21(17,18)15-8-12-7-13(16)14(10-19-12)20-9-11-5-3-2-4-6-11/h2-7,10,15H,8-9H2,1H3. The summed E-state index contributed by atoms with van der Waals surface area (Å²) in [7, 11) is -3.33. The van der Waals surface area contributed by atoms with Crippen molar-refractivity contribution in [1.82, 2.24) is 4.72 Å². The maximum absolute atomic E-state index is 11.8. The molecule has 0 aliphatic carbocycles. The van der Waals surface area contributed by atoms with Gasteiger partial charge in [0.1, 0.15) is 18.6 Å². The number of benzene rings is 1. The monoisotopic (exact) mass is 309 g/mol. The molecule has 2 aromatic rings. The van der Waals surface area contributed by atoms with Crippen molar-refractivity contribution in [3.05, 3.63) is 64.2 Å². The van der Waals surface area contributed by atoms with Crippen LogP contribution >= 0.6 is 0 Å². The number of hydrogen-bond donors (Lipinski definition) is 1. The van der Waals surface area contributed by atoms with Gasteiger partial charge >= 0.3 is 0 Å². The van der Waals surface area contributed by atoms with Crippen LogP contribution in [-0.4, -0.2) is 14.7 Å². The van der Waals surface area contributed by atoms with E-state index in [0.29, 0.717) is 0 Å². The van der Waals surface area contributed by atoms with Crippen molar-refractivity contribution in [3.8, 4) is 5.75 Å². The molecule has 1 aromatic heterocycles. The fourth-order valence-corrected chi connectivity index (χ4v) is 1.98. The number of rotatable bonds is 6. The van der Waals surface area contributed by atoms with Crippen LogP contribution in [0.5, 0.6) is 5.75 Å². The largest absolute Gasteiger partial charge is 0.482 e. The van der Waals surface area contributed by atoms with E-state index in [4.69, 9.17) is 9.15 Å². The first-order valence-electron chi connectivity index (χ1n) is 6.17. The summed E-state index contributed by atoms with van der Waals surface area (Å²) in [5, 5.41) is 0. The Morgan fingerprint density at radius 1 is 1.24 bits per heavy atom. The molecule has 6 nitrogen and oxygen atoms in total. The minimum absolute atomic E-state index is 0.0764. The molecule has 7 heteroatoms. The molecule has 0 bridgehead atoms. The van der Waals surface area contributed by atoms with Crippen LogP contribution < -0.4 is 14.9 Å². The van der Waals surface area contributed by atoms with Gasteiger partial charge in [0.25, 0.3) is 0 Å². The third kappa shape index (κ3) is 5.05. The van der Waals surface area contributed by atoms with Gasteiger partial charge < -0.3 is 9.15 Å². The van der Waals surface area contributed by atoms with E-state index in [9.17, 15) is 13.2 Å². The molecule has 0 radical (unpaired) electrons. The van der Waals surface area contributed by atoms with Crippen LogP contribution in [0.3, 0.4) is 0 Å². The van der Waals surface area contributed by atoms with Crippen LogP contribution in [0.1, 0.15) is 11.3 Å². The Morgan fingerprint density at radius 2 is 1.95 bits per heavy atom. The van der Waals surface area contributed by atoms with Crippen molar-refractivity contribution in [2.24, 2.45) is 0 Å². The molecule has 0 spiro atoms. The van der Waals surface area contributed by atoms with E-state index >= 15 is 0 Å². The second-order valence-corrected chi connectivity index (χ2v) is 6.28. The van der Waals surface area contributed by atoms with E-state index in [-0.39, 0.29) is 30.1 Å². The molecule has 112 valence electrons. The molecule has 0 saturated heterocycles. The average molecular weight is 309 g/mol. The lowest BCUT2D eigenvalue weighted by molar-refractivity contribution is 0.289. The highest BCUT2D eigenvalue weighted by molar-refractivity contribution is 7.88. The summed E-state index contributed by atoms with van der Waals surface area (Å²) in [6.45, 7) is 0.180. The minimum atomic E-state index is -3.33. The maximum atomic E-state index is 11.8. The fourth-order valence-electron chi connectivity index (χ4n) is 1.57. The van der Waals surface area contributed by atoms with Crippen LogP contribution in [0.4, 0.5) is 0 Å². The first-order valence-corrected chi connectivity index (χ1v) is 8.06. The number of ether oxygens (including phenoxy) is 1. The molecule has 1 heterocycles. The SMILES string of the molecule is CS(=O)(=O)NCc1cc(=O)c(OCc2ccccc2)co1. The molecule has 0 aliphatic heterocycles. The van der Waals surface area contributed by atoms with Crippen LogP contribution in [-0.2, 0) is 23.2 Å². The van der Waals surface area contributed by atoms with Gasteiger partial charge in [0.05, 0.1) is 12.8 Å². The van der Waals surface area contributed by atoms with E-state index in [2.05, 4.69) is 4.72 Å². The molecule has 0 fully saturated rings. The zero-order chi connectivity index (χ0) is 15.3. The number of nitrogens with one attached hydrogen (secondary N) is 1. The molecule has 0 amide bonds. The molecular formula is C14H15NO5S. The summed E-state index contributed by atoms with van der Waals surface area (Å²) >= 11 is 0. The Balaban J connectivity index is 2.01. The zero-order valence-corrected chi connectivity index (χ0v) is 12.2. The van der Waals surface area contributed by atoms with Gasteiger partial charge in [0, 0.05) is 6.07 Å². The lowest BCUT2D eigenvalue weighted by Gasteiger charge is -2.06. The van der Waals surface area contributed by atoms with Gasteiger partial charge in [-0.15, -0.1) is 0 Å². The molecule has 0 unspecified atom stereocenters. The van der Waals surface area contributed by atoms with Crippen molar-refractivity contribution in [2.45, 2.75) is 13.2 Å². The molecule has 0 atom stereocenters. The first-order chi connectivity index (χ1) is 9.94. The second kappa shape index (κ2) is 6.55. The van der Waals surface area contributed by atoms with Crippen molar-refractivity contribution in [1.29, 1.82) is 0 Å². The van der Waals surface area contributed by atoms with Gasteiger partial charge in [-0.2, -0.15) is 0 Å². The first kappa shape index (κ1) is 15.3. The van der Waals surface area contributed by atoms with Crippen LogP contribution in [0.15, 0.2) is 51.9 Å². The Kier molecular flexibility index (Phi) is 4.77. The van der Waals surface area contributed by atoms with E-state index in [1.807, 2.05) is 30.3 Å². The van der Waals surface area contributed by atoms with Crippen molar-refractivity contribution >= 4 is 10.0 Å². The summed E-state index contributed by atoms with van der Waals surface area (Å²) in [5.41, 5.74) is 0.571. The Hall–Kier alpha value is -2.12. The van der Waals surface area contributed by atoms with Crippen LogP contribution in [0.2, 0.25) is 0 Å². The quantitative estimate of drug-likeness (QED) is 0.868. The molecule has 1 N–H and O–H groups in total. The van der Waals surface area contributed by atoms with Crippen LogP contribution in [0.25, 0.3) is 0 Å². The summed E-state index contributed by atoms with van der Waals surface area (Å²) < 4.78 is 34.7. The third-order valence-corrected chi connectivity index (χ3v) is 3.27. The smallest absolute Gasteiger partial charge is 0.227 e. The molecule has 0 aliphatic rings. The topological polar surface area (TPSA) is 85.6 Å². The van der Waals surface area contributed by atoms with Crippen LogP contribution in [0, 0.1) is 0 Å². The number of sulfonamides is 1. The summed E-state index contributed by atoms with van der Waals surface area (Å²) in [6, 6.07) is 10.6. The molecule has 0 saturated carbocycles. The molecule has 2 rings (SSSR count). The van der Waals surface area contributed by atoms with Gasteiger partial charge in [-0.1, -0.05) is 30.3 Å². The Bertz CT molecular complexity index is 752. The summed E-state index contributed by atoms with van der Waals surface area (Å²) in [6.07, 6.45) is 2.22. The van der Waals surface area contributed by atoms with Gasteiger partial charge in [-0.05, 0) is 5.56 Å². The van der Waals surface area contributed by atoms with Gasteiger partial charge in [-0.25, -0.2) is 13.1 Å². The second-order valence-electron chi connectivity index (χ2n) is 4.44. The van der Waals surface area contributed by atoms with Crippen molar-refractivity contribution in [2.75, 3.05) is 6.26 Å². The summed E-state index contributed by atoms with van der Waals surface area (Å²) in [5.74, 6) is 0.305. The fraction of sp³-hybridized carbons (Fsp3) is 0.214. The Labute approximate surface area is 122 Å². The van der Waals surface area contributed by atoms with E-state index in [1.165, 1.54) is 12.3 Å². The predicted molar refractivity (Wildman–Crippen MR) is 77.4 cm³/mol. The summed E-state index contributed by atoms with van der Waals surface area (Å²) in [4.78, 5) is 11.8. The Morgan fingerprint density at radius 3 is 2.57 bits per heavy atom. The highest BCUT2D eigenvalue weighted by Crippen LogP contribution is 2.09. The van der Waals surface area contributed by atoms with Gasteiger partial charge in [-0.3, -0.25) is 4.79 Å². The van der Waals surface area contributed by atoms with Gasteiger partial charge in [0.2, 0.25) is 21.2 Å². The lowest BCUT2D eigenvalue weighted by Crippen LogP contribution is -2.22. The minimum Gasteiger partial charge on any atom is -0.482 e.